The van der Waals surface area contributed by atoms with Gasteiger partial charge in [0.1, 0.15) is 18.4 Å². The third-order valence-electron chi connectivity index (χ3n) is 6.35. The number of anilines is 1. The molecule has 1 fully saturated rings. The Balaban J connectivity index is 1.61. The van der Waals surface area contributed by atoms with Gasteiger partial charge in [0.2, 0.25) is 11.5 Å². The first-order chi connectivity index (χ1) is 19.1. The highest BCUT2D eigenvalue weighted by molar-refractivity contribution is 7.84. The lowest BCUT2D eigenvalue weighted by atomic mass is 9.84. The minimum Gasteiger partial charge on any atom is -0.478 e. The molecule has 0 spiro atoms. The number of ketones is 1. The number of carboxylic acids is 1. The summed E-state index contributed by atoms with van der Waals surface area (Å²) in [7, 11) is -3.09. The van der Waals surface area contributed by atoms with Gasteiger partial charge in [-0.15, -0.1) is 16.4 Å². The number of aliphatic carboxylic acids is 1. The van der Waals surface area contributed by atoms with Crippen LogP contribution in [-0.4, -0.2) is 77.4 Å². The van der Waals surface area contributed by atoms with Crippen molar-refractivity contribution in [2.75, 3.05) is 5.73 Å². The second-order valence-corrected chi connectivity index (χ2v) is 12.0. The second kappa shape index (κ2) is 10.9. The van der Waals surface area contributed by atoms with Crippen LogP contribution in [0.2, 0.25) is 0 Å². The van der Waals surface area contributed by atoms with E-state index >= 15 is 0 Å². The van der Waals surface area contributed by atoms with Crippen LogP contribution in [0.4, 0.5) is 5.13 Å². The number of carbonyl (C=O) groups is 3. The molecular weight excluding hydrogens is 580 g/mol. The normalized spacial score (nSPS) is 17.8. The topological polar surface area (TPSA) is 224 Å². The van der Waals surface area contributed by atoms with Crippen molar-refractivity contribution >= 4 is 50.1 Å². The zero-order valence-electron chi connectivity index (χ0n) is 22.3. The van der Waals surface area contributed by atoms with Gasteiger partial charge >= 0.3 is 16.3 Å². The van der Waals surface area contributed by atoms with Crippen molar-refractivity contribution in [1.29, 1.82) is 0 Å². The lowest BCUT2D eigenvalue weighted by molar-refractivity contribution is -0.671. The van der Waals surface area contributed by atoms with Gasteiger partial charge in [-0.3, -0.25) is 14.1 Å². The van der Waals surface area contributed by atoms with Gasteiger partial charge in [-0.05, 0) is 20.8 Å². The standard InChI is InChI=1S/C23H26N8O8S2/c1-12-8-29(4)6-5-13(12)15-9-30(28-26-15)10-17-14(20(33)31(17)41(36,37)38)7-18(32)19(16-11-40-22(24)25-16)27-39-23(2,3)21(34)35/h5-6,8-9,11,14,17H,7,10H2,1-4H3,(H3-,24,25,34,35,36,37,38)/p+1/b27-19-/t14-,17+/m0/s1. The largest absolute Gasteiger partial charge is 0.478 e. The number of carbonyl (C=O) groups excluding carboxylic acids is 2. The van der Waals surface area contributed by atoms with Crippen LogP contribution >= 0.6 is 11.3 Å². The molecule has 41 heavy (non-hydrogen) atoms. The third kappa shape index (κ3) is 6.23. The van der Waals surface area contributed by atoms with E-state index in [4.69, 9.17) is 10.6 Å². The van der Waals surface area contributed by atoms with E-state index in [0.717, 1.165) is 22.5 Å². The highest BCUT2D eigenvalue weighted by Gasteiger charge is 2.54. The number of nitrogens with zero attached hydrogens (tertiary/aromatic N) is 7. The van der Waals surface area contributed by atoms with E-state index in [0.29, 0.717) is 5.69 Å². The first kappa shape index (κ1) is 29.7. The van der Waals surface area contributed by atoms with Gasteiger partial charge in [-0.2, -0.15) is 8.42 Å². The van der Waals surface area contributed by atoms with E-state index in [9.17, 15) is 32.5 Å². The molecule has 0 aliphatic carbocycles. The molecule has 3 aromatic rings. The summed E-state index contributed by atoms with van der Waals surface area (Å²) in [6.07, 6.45) is 4.71. The smallest absolute Gasteiger partial charge is 0.362 e. The second-order valence-electron chi connectivity index (χ2n) is 9.86. The molecule has 4 N–H and O–H groups in total. The molecule has 0 aromatic carbocycles. The molecule has 4 rings (SSSR count). The van der Waals surface area contributed by atoms with Gasteiger partial charge in [0.15, 0.2) is 29.0 Å². The molecule has 0 radical (unpaired) electrons. The predicted octanol–water partition coefficient (Wildman–Crippen LogP) is -0.0102. The number of amides is 1. The van der Waals surface area contributed by atoms with Crippen LogP contribution in [0, 0.1) is 12.8 Å². The van der Waals surface area contributed by atoms with E-state index in [1.54, 1.807) is 6.20 Å². The number of oxime groups is 1. The zero-order valence-corrected chi connectivity index (χ0v) is 24.0. The summed E-state index contributed by atoms with van der Waals surface area (Å²) in [4.78, 5) is 46.7. The minimum atomic E-state index is -4.96. The molecule has 2 atom stereocenters. The van der Waals surface area contributed by atoms with E-state index in [1.807, 2.05) is 37.0 Å². The van der Waals surface area contributed by atoms with Crippen LogP contribution < -0.4 is 10.3 Å². The monoisotopic (exact) mass is 607 g/mol. The van der Waals surface area contributed by atoms with Crippen molar-refractivity contribution < 1.29 is 41.9 Å². The van der Waals surface area contributed by atoms with Crippen molar-refractivity contribution in [3.8, 4) is 11.3 Å². The summed E-state index contributed by atoms with van der Waals surface area (Å²) in [5.41, 5.74) is 5.64. The number of rotatable bonds is 11. The molecular formula is C23H27N8O8S2+. The molecule has 0 unspecified atom stereocenters. The van der Waals surface area contributed by atoms with Crippen LogP contribution in [0.25, 0.3) is 11.3 Å². The maximum absolute atomic E-state index is 13.3. The molecule has 1 amide bonds. The summed E-state index contributed by atoms with van der Waals surface area (Å²) in [5, 5.41) is 22.7. The Labute approximate surface area is 237 Å². The van der Waals surface area contributed by atoms with Gasteiger partial charge in [-0.1, -0.05) is 10.4 Å². The van der Waals surface area contributed by atoms with Crippen molar-refractivity contribution in [2.45, 2.75) is 45.4 Å². The fourth-order valence-corrected chi connectivity index (χ4v) is 5.61. The average Bonchev–Trinajstić information content (AvgIpc) is 3.50. The van der Waals surface area contributed by atoms with Gasteiger partial charge in [0.25, 0.3) is 0 Å². The van der Waals surface area contributed by atoms with E-state index < -0.39 is 57.7 Å². The van der Waals surface area contributed by atoms with Crippen LogP contribution in [-0.2, 0) is 43.1 Å². The maximum Gasteiger partial charge on any atom is 0.362 e. The Hall–Kier alpha value is -4.29. The molecule has 1 saturated heterocycles. The molecule has 4 heterocycles. The number of aromatic nitrogens is 5. The molecule has 16 nitrogen and oxygen atoms in total. The number of carboxylic acid groups (broad SMARTS) is 1. The summed E-state index contributed by atoms with van der Waals surface area (Å²) >= 11 is 0.992. The average molecular weight is 608 g/mol. The molecule has 1 aliphatic rings. The zero-order chi connectivity index (χ0) is 30.3. The molecule has 1 aliphatic heterocycles. The van der Waals surface area contributed by atoms with Crippen molar-refractivity contribution in [3.63, 3.8) is 0 Å². The molecule has 18 heteroatoms. The number of aryl methyl sites for hydroxylation is 2. The summed E-state index contributed by atoms with van der Waals surface area (Å²) < 4.78 is 37.1. The highest BCUT2D eigenvalue weighted by atomic mass is 32.2. The number of Topliss-reactive ketones (excluding diaryl/α,β-unsaturated/α-hetero) is 1. The third-order valence-corrected chi connectivity index (χ3v) is 7.97. The summed E-state index contributed by atoms with van der Waals surface area (Å²) in [6.45, 7) is 4.11. The number of nitrogen functional groups attached to an aromatic ring is 1. The highest BCUT2D eigenvalue weighted by Crippen LogP contribution is 2.34. The van der Waals surface area contributed by atoms with Gasteiger partial charge in [-0.25, -0.2) is 23.3 Å². The van der Waals surface area contributed by atoms with Crippen molar-refractivity contribution in [1.82, 2.24) is 24.3 Å². The van der Waals surface area contributed by atoms with E-state index in [-0.39, 0.29) is 21.7 Å². The number of hydrogen-bond acceptors (Lipinski definition) is 12. The molecule has 3 aromatic heterocycles. The quantitative estimate of drug-likeness (QED) is 0.0860. The van der Waals surface area contributed by atoms with Crippen LogP contribution in [0.3, 0.4) is 0 Å². The fourth-order valence-electron chi connectivity index (χ4n) is 4.15. The Morgan fingerprint density at radius 3 is 2.63 bits per heavy atom. The Morgan fingerprint density at radius 1 is 1.34 bits per heavy atom. The van der Waals surface area contributed by atoms with Gasteiger partial charge in [0.05, 0.1) is 24.7 Å². The van der Waals surface area contributed by atoms with E-state index in [1.165, 1.54) is 23.9 Å². The van der Waals surface area contributed by atoms with Crippen molar-refractivity contribution in [3.05, 3.63) is 41.3 Å². The predicted molar refractivity (Wildman–Crippen MR) is 143 cm³/mol. The van der Waals surface area contributed by atoms with Crippen LogP contribution in [0.1, 0.15) is 31.5 Å². The van der Waals surface area contributed by atoms with Gasteiger partial charge < -0.3 is 15.7 Å². The summed E-state index contributed by atoms with van der Waals surface area (Å²) in [6, 6.07) is 0.645. The molecule has 218 valence electrons. The first-order valence-corrected chi connectivity index (χ1v) is 14.3. The van der Waals surface area contributed by atoms with Gasteiger partial charge in [0, 0.05) is 29.0 Å². The number of β-lactam (4-membered cyclic amide) rings is 1. The Kier molecular flexibility index (Phi) is 7.92. The van der Waals surface area contributed by atoms with Crippen LogP contribution in [0.5, 0.6) is 0 Å². The minimum absolute atomic E-state index is 0.0128. The fraction of sp³-hybridized carbons (Fsp3) is 0.391. The Bertz CT molecular complexity index is 1660. The lowest BCUT2D eigenvalue weighted by Crippen LogP contribution is -2.64. The SMILES string of the molecule is Cc1c[n+](C)ccc1-c1cn(C[C@@H]2[C@H](CC(=O)/C(=N\OC(C)(C)C(=O)O)c3csc(N)n3)C(=O)N2S(=O)(=O)O)nn1. The number of hydrogen-bond donors (Lipinski definition) is 3. The Morgan fingerprint density at radius 2 is 2.05 bits per heavy atom. The summed E-state index contributed by atoms with van der Waals surface area (Å²) in [5.74, 6) is -4.36. The van der Waals surface area contributed by atoms with Crippen molar-refractivity contribution in [2.24, 2.45) is 18.1 Å². The number of nitrogens with two attached hydrogens (primary N) is 1. The molecule has 0 saturated carbocycles. The van der Waals surface area contributed by atoms with E-state index in [2.05, 4.69) is 20.5 Å². The maximum atomic E-state index is 13.3. The van der Waals surface area contributed by atoms with Crippen LogP contribution in [0.15, 0.2) is 35.2 Å². The first-order valence-electron chi connectivity index (χ1n) is 12.0. The molecule has 0 bridgehead atoms. The number of pyridine rings is 1. The lowest BCUT2D eigenvalue weighted by Gasteiger charge is -2.43. The number of thiazole rings is 1.